The Labute approximate surface area is 175 Å². The van der Waals surface area contributed by atoms with Crippen molar-refractivity contribution in [3.8, 4) is 0 Å². The fourth-order valence-corrected chi connectivity index (χ4v) is 4.52. The van der Waals surface area contributed by atoms with Gasteiger partial charge < -0.3 is 14.3 Å². The molecule has 5 aromatic rings. The van der Waals surface area contributed by atoms with Crippen LogP contribution < -0.4 is 0 Å². The second-order valence-corrected chi connectivity index (χ2v) is 7.66. The van der Waals surface area contributed by atoms with Crippen LogP contribution in [0.2, 0.25) is 5.02 Å². The molecule has 1 atom stereocenters. The molecule has 1 aromatic carbocycles. The molecule has 0 radical (unpaired) electrons. The summed E-state index contributed by atoms with van der Waals surface area (Å²) in [6, 6.07) is 12.7. The molecule has 1 aliphatic rings. The number of rotatable bonds is 2. The lowest BCUT2D eigenvalue weighted by Crippen LogP contribution is -2.40. The van der Waals surface area contributed by atoms with Gasteiger partial charge in [0.2, 0.25) is 0 Å². The van der Waals surface area contributed by atoms with Gasteiger partial charge in [0.15, 0.2) is 5.76 Å². The molecule has 5 heterocycles. The number of nitrogens with zero attached hydrogens (tertiary/aromatic N) is 4. The number of carbonyl (C=O) groups is 1. The van der Waals surface area contributed by atoms with Crippen LogP contribution in [0.25, 0.3) is 16.5 Å². The Balaban J connectivity index is 1.52. The Morgan fingerprint density at radius 2 is 2.07 bits per heavy atom. The Morgan fingerprint density at radius 1 is 1.20 bits per heavy atom. The molecule has 148 valence electrons. The first kappa shape index (κ1) is 17.3. The van der Waals surface area contributed by atoms with Crippen LogP contribution in [0, 0.1) is 0 Å². The van der Waals surface area contributed by atoms with Crippen LogP contribution in [0.4, 0.5) is 0 Å². The third kappa shape index (κ3) is 2.42. The van der Waals surface area contributed by atoms with E-state index in [2.05, 4.69) is 15.1 Å². The second kappa shape index (κ2) is 6.47. The summed E-state index contributed by atoms with van der Waals surface area (Å²) in [6.45, 7) is 0.510. The number of hydrogen-bond donors (Lipinski definition) is 1. The van der Waals surface area contributed by atoms with E-state index in [1.54, 1.807) is 21.9 Å². The van der Waals surface area contributed by atoms with E-state index in [9.17, 15) is 4.79 Å². The summed E-state index contributed by atoms with van der Waals surface area (Å²) < 4.78 is 7.84. The summed E-state index contributed by atoms with van der Waals surface area (Å²) in [5.74, 6) is 0.391. The van der Waals surface area contributed by atoms with E-state index < -0.39 is 6.04 Å². The zero-order chi connectivity index (χ0) is 20.2. The van der Waals surface area contributed by atoms with E-state index in [0.717, 1.165) is 22.3 Å². The largest absolute Gasteiger partial charge is 0.457 e. The highest BCUT2D eigenvalue weighted by Crippen LogP contribution is 2.42. The van der Waals surface area contributed by atoms with Crippen LogP contribution in [0.15, 0.2) is 65.6 Å². The van der Waals surface area contributed by atoms with Crippen LogP contribution in [-0.4, -0.2) is 36.9 Å². The minimum Gasteiger partial charge on any atom is -0.457 e. The van der Waals surface area contributed by atoms with Gasteiger partial charge >= 0.3 is 0 Å². The van der Waals surface area contributed by atoms with Gasteiger partial charge in [-0.25, -0.2) is 9.50 Å². The summed E-state index contributed by atoms with van der Waals surface area (Å²) in [7, 11) is 0. The van der Waals surface area contributed by atoms with Crippen molar-refractivity contribution in [3.05, 3.63) is 88.9 Å². The van der Waals surface area contributed by atoms with Gasteiger partial charge in [0, 0.05) is 30.2 Å². The third-order valence-corrected chi connectivity index (χ3v) is 6.04. The lowest BCUT2D eigenvalue weighted by Gasteiger charge is -2.33. The van der Waals surface area contributed by atoms with Crippen LogP contribution in [0.5, 0.6) is 0 Å². The number of H-pyrrole nitrogens is 1. The van der Waals surface area contributed by atoms with E-state index >= 15 is 0 Å². The van der Waals surface area contributed by atoms with Gasteiger partial charge in [0.05, 0.1) is 34.3 Å². The van der Waals surface area contributed by atoms with Crippen LogP contribution in [-0.2, 0) is 6.42 Å². The number of amides is 1. The molecule has 1 N–H and O–H groups in total. The Hall–Kier alpha value is -3.58. The SMILES string of the molecule is O=C(c1cnn2ccccc12)N1CCc2[nH]cnc2[C@H]1c1oc2ccccc2c1Cl. The van der Waals surface area contributed by atoms with E-state index in [1.165, 1.54) is 0 Å². The topological polar surface area (TPSA) is 79.4 Å². The van der Waals surface area contributed by atoms with Gasteiger partial charge in [-0.15, -0.1) is 0 Å². The maximum absolute atomic E-state index is 13.7. The standard InChI is InChI=1S/C22H16ClN5O2/c23-18-13-5-1-2-7-17(13)30-21(18)20-19-15(24-12-25-19)8-10-27(20)22(29)14-11-26-28-9-4-3-6-16(14)28/h1-7,9,11-12,20H,8,10H2,(H,24,25)/t20-/m0/s1. The van der Waals surface area contributed by atoms with E-state index in [1.807, 2.05) is 48.7 Å². The number of aromatic amines is 1. The number of carbonyl (C=O) groups excluding carboxylic acids is 1. The molecule has 6 rings (SSSR count). The maximum Gasteiger partial charge on any atom is 0.258 e. The van der Waals surface area contributed by atoms with Gasteiger partial charge in [-0.3, -0.25) is 4.79 Å². The normalized spacial score (nSPS) is 16.3. The summed E-state index contributed by atoms with van der Waals surface area (Å²) >= 11 is 6.73. The number of fused-ring (bicyclic) bond motifs is 3. The molecule has 0 unspecified atom stereocenters. The molecule has 0 saturated heterocycles. The Bertz CT molecular complexity index is 1420. The molecule has 7 nitrogen and oxygen atoms in total. The predicted octanol–water partition coefficient (Wildman–Crippen LogP) is 4.24. The minimum atomic E-state index is -0.522. The summed E-state index contributed by atoms with van der Waals surface area (Å²) in [4.78, 5) is 23.1. The van der Waals surface area contributed by atoms with Gasteiger partial charge in [0.25, 0.3) is 5.91 Å². The lowest BCUT2D eigenvalue weighted by molar-refractivity contribution is 0.0675. The van der Waals surface area contributed by atoms with Crippen molar-refractivity contribution < 1.29 is 9.21 Å². The van der Waals surface area contributed by atoms with Gasteiger partial charge in [-0.05, 0) is 24.3 Å². The van der Waals surface area contributed by atoms with E-state index in [0.29, 0.717) is 34.9 Å². The quantitative estimate of drug-likeness (QED) is 0.465. The zero-order valence-corrected chi connectivity index (χ0v) is 16.5. The summed E-state index contributed by atoms with van der Waals surface area (Å²) in [5.41, 5.74) is 3.72. The molecule has 1 amide bonds. The van der Waals surface area contributed by atoms with Gasteiger partial charge in [-0.2, -0.15) is 5.10 Å². The van der Waals surface area contributed by atoms with Crippen molar-refractivity contribution in [1.29, 1.82) is 0 Å². The molecule has 0 fully saturated rings. The predicted molar refractivity (Wildman–Crippen MR) is 112 cm³/mol. The number of halogens is 1. The van der Waals surface area contributed by atoms with Gasteiger partial charge in [0.1, 0.15) is 11.6 Å². The first-order valence-corrected chi connectivity index (χ1v) is 10.0. The van der Waals surface area contributed by atoms with E-state index in [4.69, 9.17) is 16.0 Å². The molecule has 0 saturated carbocycles. The molecule has 0 spiro atoms. The van der Waals surface area contributed by atoms with Gasteiger partial charge in [-0.1, -0.05) is 29.8 Å². The maximum atomic E-state index is 13.7. The van der Waals surface area contributed by atoms with Crippen molar-refractivity contribution in [1.82, 2.24) is 24.5 Å². The van der Waals surface area contributed by atoms with Crippen LogP contribution >= 0.6 is 11.6 Å². The highest BCUT2D eigenvalue weighted by molar-refractivity contribution is 6.36. The molecule has 0 aliphatic carbocycles. The molecule has 8 heteroatoms. The fourth-order valence-electron chi connectivity index (χ4n) is 4.22. The monoisotopic (exact) mass is 417 g/mol. The van der Waals surface area contributed by atoms with Crippen molar-refractivity contribution in [3.63, 3.8) is 0 Å². The molecular formula is C22H16ClN5O2. The molecule has 1 aliphatic heterocycles. The number of hydrogen-bond acceptors (Lipinski definition) is 4. The Morgan fingerprint density at radius 3 is 2.97 bits per heavy atom. The smallest absolute Gasteiger partial charge is 0.258 e. The van der Waals surface area contributed by atoms with E-state index in [-0.39, 0.29) is 5.91 Å². The average molecular weight is 418 g/mol. The van der Waals surface area contributed by atoms with Crippen molar-refractivity contribution in [2.75, 3.05) is 6.54 Å². The number of para-hydroxylation sites is 1. The number of pyridine rings is 1. The first-order chi connectivity index (χ1) is 14.7. The molecule has 30 heavy (non-hydrogen) atoms. The zero-order valence-electron chi connectivity index (χ0n) is 15.7. The van der Waals surface area contributed by atoms with Crippen molar-refractivity contribution in [2.24, 2.45) is 0 Å². The average Bonchev–Trinajstić information content (AvgIpc) is 3.50. The summed E-state index contributed by atoms with van der Waals surface area (Å²) in [5, 5.41) is 5.64. The molecular weight excluding hydrogens is 402 g/mol. The summed E-state index contributed by atoms with van der Waals surface area (Å²) in [6.07, 6.45) is 5.75. The number of nitrogens with one attached hydrogen (secondary N) is 1. The molecule has 0 bridgehead atoms. The third-order valence-electron chi connectivity index (χ3n) is 5.65. The number of furan rings is 1. The van der Waals surface area contributed by atoms with Crippen molar-refractivity contribution in [2.45, 2.75) is 12.5 Å². The van der Waals surface area contributed by atoms with Crippen LogP contribution in [0.3, 0.4) is 0 Å². The number of imidazole rings is 1. The van der Waals surface area contributed by atoms with Crippen molar-refractivity contribution >= 4 is 34.0 Å². The highest BCUT2D eigenvalue weighted by atomic mass is 35.5. The fraction of sp³-hybridized carbons (Fsp3) is 0.136. The second-order valence-electron chi connectivity index (χ2n) is 7.28. The number of benzene rings is 1. The number of aromatic nitrogens is 4. The Kier molecular flexibility index (Phi) is 3.73. The van der Waals surface area contributed by atoms with Crippen LogP contribution in [0.1, 0.15) is 33.5 Å². The highest BCUT2D eigenvalue weighted by Gasteiger charge is 2.39. The first-order valence-electron chi connectivity index (χ1n) is 9.65. The minimum absolute atomic E-state index is 0.133. The lowest BCUT2D eigenvalue weighted by atomic mass is 9.99. The molecule has 4 aromatic heterocycles.